The average molecular weight is 456 g/mol. The van der Waals surface area contributed by atoms with Crippen molar-refractivity contribution in [2.45, 2.75) is 30.8 Å². The topological polar surface area (TPSA) is 70.6 Å². The summed E-state index contributed by atoms with van der Waals surface area (Å²) in [5, 5.41) is 14.8. The Morgan fingerprint density at radius 1 is 1.19 bits per heavy atom. The summed E-state index contributed by atoms with van der Waals surface area (Å²) in [6.45, 7) is 0.948. The number of alkyl halides is 3. The van der Waals surface area contributed by atoms with Crippen molar-refractivity contribution in [2.24, 2.45) is 5.92 Å². The molecule has 0 aliphatic carbocycles. The second-order valence-electron chi connectivity index (χ2n) is 7.25. The van der Waals surface area contributed by atoms with E-state index >= 15 is 0 Å². The van der Waals surface area contributed by atoms with Crippen LogP contribution < -0.4 is 10.6 Å². The van der Waals surface area contributed by atoms with Crippen molar-refractivity contribution in [1.29, 1.82) is 0 Å². The van der Waals surface area contributed by atoms with Crippen LogP contribution in [0.15, 0.2) is 54.6 Å². The molecule has 1 saturated heterocycles. The molecule has 1 aliphatic rings. The SMILES string of the molecule is C[C@H]1OC[C@@](NC(=S)NC(=O)c2ccccc2)(c2ccccc2F)[C@@H]1C(O)C(F)(F)F. The Kier molecular flexibility index (Phi) is 6.63. The van der Waals surface area contributed by atoms with E-state index in [0.29, 0.717) is 0 Å². The summed E-state index contributed by atoms with van der Waals surface area (Å²) in [6.07, 6.45) is -8.90. The van der Waals surface area contributed by atoms with Crippen molar-refractivity contribution in [3.8, 4) is 0 Å². The van der Waals surface area contributed by atoms with E-state index in [2.05, 4.69) is 10.6 Å². The minimum atomic E-state index is -4.99. The van der Waals surface area contributed by atoms with Gasteiger partial charge in [-0.1, -0.05) is 36.4 Å². The van der Waals surface area contributed by atoms with Crippen molar-refractivity contribution < 1.29 is 32.2 Å². The Bertz CT molecular complexity index is 957. The summed E-state index contributed by atoms with van der Waals surface area (Å²) in [5.41, 5.74) is -1.76. The summed E-state index contributed by atoms with van der Waals surface area (Å²) in [4.78, 5) is 12.4. The molecular formula is C21H20F4N2O3S. The first-order valence-electron chi connectivity index (χ1n) is 9.36. The van der Waals surface area contributed by atoms with Gasteiger partial charge < -0.3 is 15.2 Å². The predicted molar refractivity (Wildman–Crippen MR) is 109 cm³/mol. The Morgan fingerprint density at radius 2 is 1.81 bits per heavy atom. The van der Waals surface area contributed by atoms with E-state index in [0.717, 1.165) is 6.07 Å². The molecule has 4 atom stereocenters. The standard InChI is InChI=1S/C21H20F4N2O3S/c1-12-16(17(28)21(23,24)25)20(11-30-12,14-9-5-6-10-15(14)22)27-19(31)26-18(29)13-7-3-2-4-8-13/h2-10,12,16-17,28H,11H2,1H3,(H2,26,27,29,31)/t12-,16+,17?,20-/m1/s1. The fraction of sp³-hybridized carbons (Fsp3) is 0.333. The molecule has 31 heavy (non-hydrogen) atoms. The van der Waals surface area contributed by atoms with Gasteiger partial charge in [-0.2, -0.15) is 13.2 Å². The normalized spacial score (nSPS) is 24.5. The number of amides is 1. The highest BCUT2D eigenvalue weighted by molar-refractivity contribution is 7.80. The minimum Gasteiger partial charge on any atom is -0.383 e. The van der Waals surface area contributed by atoms with Gasteiger partial charge in [-0.05, 0) is 37.3 Å². The number of rotatable bonds is 4. The van der Waals surface area contributed by atoms with Crippen LogP contribution in [0.2, 0.25) is 0 Å². The molecule has 2 aromatic carbocycles. The number of carbonyl (C=O) groups excluding carboxylic acids is 1. The molecule has 1 aliphatic heterocycles. The molecule has 0 spiro atoms. The number of aliphatic hydroxyl groups excluding tert-OH is 1. The summed E-state index contributed by atoms with van der Waals surface area (Å²) in [6, 6.07) is 13.3. The lowest BCUT2D eigenvalue weighted by Crippen LogP contribution is -2.60. The summed E-state index contributed by atoms with van der Waals surface area (Å²) >= 11 is 5.17. The highest BCUT2D eigenvalue weighted by Gasteiger charge is 2.60. The van der Waals surface area contributed by atoms with Gasteiger partial charge in [0.05, 0.1) is 18.2 Å². The molecule has 0 radical (unpaired) electrons. The highest BCUT2D eigenvalue weighted by Crippen LogP contribution is 2.45. The second-order valence-corrected chi connectivity index (χ2v) is 7.66. The minimum absolute atomic E-state index is 0.163. The van der Waals surface area contributed by atoms with Crippen molar-refractivity contribution in [1.82, 2.24) is 10.6 Å². The predicted octanol–water partition coefficient (Wildman–Crippen LogP) is 3.28. The van der Waals surface area contributed by atoms with Gasteiger partial charge in [-0.15, -0.1) is 0 Å². The molecule has 1 unspecified atom stereocenters. The van der Waals surface area contributed by atoms with Gasteiger partial charge in [-0.3, -0.25) is 10.1 Å². The van der Waals surface area contributed by atoms with Crippen LogP contribution >= 0.6 is 12.2 Å². The third-order valence-electron chi connectivity index (χ3n) is 5.28. The van der Waals surface area contributed by atoms with Crippen LogP contribution in [-0.2, 0) is 10.3 Å². The van der Waals surface area contributed by atoms with Crippen LogP contribution in [0, 0.1) is 11.7 Å². The number of halogens is 4. The van der Waals surface area contributed by atoms with Crippen molar-refractivity contribution >= 4 is 23.2 Å². The first kappa shape index (κ1) is 23.1. The maximum absolute atomic E-state index is 14.7. The summed E-state index contributed by atoms with van der Waals surface area (Å²) in [7, 11) is 0. The fourth-order valence-electron chi connectivity index (χ4n) is 3.86. The lowest BCUT2D eigenvalue weighted by atomic mass is 9.74. The summed E-state index contributed by atoms with van der Waals surface area (Å²) < 4.78 is 60.6. The smallest absolute Gasteiger partial charge is 0.383 e. The number of hydrogen-bond donors (Lipinski definition) is 3. The molecule has 0 bridgehead atoms. The maximum atomic E-state index is 14.7. The highest BCUT2D eigenvalue weighted by atomic mass is 32.1. The molecule has 1 fully saturated rings. The molecule has 1 amide bonds. The molecule has 166 valence electrons. The molecule has 3 N–H and O–H groups in total. The fourth-order valence-corrected chi connectivity index (χ4v) is 4.13. The van der Waals surface area contributed by atoms with Gasteiger partial charge in [-0.25, -0.2) is 4.39 Å². The molecule has 0 saturated carbocycles. The number of ether oxygens (including phenoxy) is 1. The van der Waals surface area contributed by atoms with Crippen LogP contribution in [-0.4, -0.2) is 41.1 Å². The van der Waals surface area contributed by atoms with E-state index < -0.39 is 48.2 Å². The first-order chi connectivity index (χ1) is 14.6. The molecule has 5 nitrogen and oxygen atoms in total. The maximum Gasteiger partial charge on any atom is 0.414 e. The second kappa shape index (κ2) is 8.89. The van der Waals surface area contributed by atoms with Crippen LogP contribution in [0.25, 0.3) is 0 Å². The molecule has 3 rings (SSSR count). The van der Waals surface area contributed by atoms with Crippen molar-refractivity contribution in [3.63, 3.8) is 0 Å². The Balaban J connectivity index is 1.98. The van der Waals surface area contributed by atoms with E-state index in [-0.39, 0.29) is 16.2 Å². The van der Waals surface area contributed by atoms with Crippen LogP contribution in [0.1, 0.15) is 22.8 Å². The number of nitrogens with one attached hydrogen (secondary N) is 2. The molecule has 0 aromatic heterocycles. The number of benzene rings is 2. The van der Waals surface area contributed by atoms with Gasteiger partial charge in [0.2, 0.25) is 0 Å². The van der Waals surface area contributed by atoms with Crippen molar-refractivity contribution in [3.05, 3.63) is 71.5 Å². The Hall–Kier alpha value is -2.56. The number of carbonyl (C=O) groups is 1. The lowest BCUT2D eigenvalue weighted by Gasteiger charge is -2.40. The van der Waals surface area contributed by atoms with E-state index in [1.54, 1.807) is 18.2 Å². The number of thiocarbonyl (C=S) groups is 1. The third-order valence-corrected chi connectivity index (χ3v) is 5.48. The van der Waals surface area contributed by atoms with Crippen molar-refractivity contribution in [2.75, 3.05) is 6.61 Å². The lowest BCUT2D eigenvalue weighted by molar-refractivity contribution is -0.228. The van der Waals surface area contributed by atoms with Gasteiger partial charge >= 0.3 is 6.18 Å². The quantitative estimate of drug-likeness (QED) is 0.487. The zero-order valence-electron chi connectivity index (χ0n) is 16.3. The van der Waals surface area contributed by atoms with E-state index in [1.165, 1.54) is 37.3 Å². The first-order valence-corrected chi connectivity index (χ1v) is 9.77. The van der Waals surface area contributed by atoms with Gasteiger partial charge in [0.25, 0.3) is 5.91 Å². The zero-order valence-corrected chi connectivity index (χ0v) is 17.1. The average Bonchev–Trinajstić information content (AvgIpc) is 3.04. The number of hydrogen-bond acceptors (Lipinski definition) is 4. The zero-order chi connectivity index (χ0) is 22.8. The summed E-state index contributed by atoms with van der Waals surface area (Å²) in [5.74, 6) is -3.04. The largest absolute Gasteiger partial charge is 0.414 e. The monoisotopic (exact) mass is 456 g/mol. The Morgan fingerprint density at radius 3 is 2.42 bits per heavy atom. The molecular weight excluding hydrogens is 436 g/mol. The van der Waals surface area contributed by atoms with Gasteiger partial charge in [0.15, 0.2) is 11.2 Å². The van der Waals surface area contributed by atoms with Gasteiger partial charge in [0, 0.05) is 17.0 Å². The van der Waals surface area contributed by atoms with E-state index in [1.807, 2.05) is 0 Å². The van der Waals surface area contributed by atoms with E-state index in [9.17, 15) is 27.5 Å². The van der Waals surface area contributed by atoms with Crippen LogP contribution in [0.3, 0.4) is 0 Å². The molecule has 2 aromatic rings. The van der Waals surface area contributed by atoms with Crippen LogP contribution in [0.5, 0.6) is 0 Å². The van der Waals surface area contributed by atoms with Gasteiger partial charge in [0.1, 0.15) is 5.82 Å². The Labute approximate surface area is 181 Å². The number of aliphatic hydroxyl groups is 1. The third kappa shape index (κ3) is 4.70. The molecule has 1 heterocycles. The van der Waals surface area contributed by atoms with E-state index in [4.69, 9.17) is 17.0 Å². The molecule has 10 heteroatoms. The van der Waals surface area contributed by atoms with Crippen LogP contribution in [0.4, 0.5) is 17.6 Å².